The molecule has 1 rings (SSSR count). The van der Waals surface area contributed by atoms with E-state index in [1.54, 1.807) is 0 Å². The van der Waals surface area contributed by atoms with Gasteiger partial charge in [-0.15, -0.1) is 6.42 Å². The maximum absolute atomic E-state index is 13.3. The van der Waals surface area contributed by atoms with Crippen LogP contribution in [0.4, 0.5) is 8.78 Å². The average molecular weight is 239 g/mol. The van der Waals surface area contributed by atoms with Gasteiger partial charge in [0.1, 0.15) is 11.6 Å². The third-order valence-corrected chi connectivity index (χ3v) is 2.48. The highest BCUT2D eigenvalue weighted by Gasteiger charge is 2.14. The molecule has 2 unspecified atom stereocenters. The number of hydrogen-bond acceptors (Lipinski definition) is 2. The standard InChI is InChI=1S/C13H15F2NO/c1-3-10(4-2)16-8-13(17)11-7-9(14)5-6-12(11)15/h1,5-7,10,13,16-17H,4,8H2,2H3. The molecular formula is C13H15F2NO. The zero-order valence-corrected chi connectivity index (χ0v) is 9.58. The largest absolute Gasteiger partial charge is 0.387 e. The summed E-state index contributed by atoms with van der Waals surface area (Å²) in [6.07, 6.45) is 4.82. The molecule has 4 heteroatoms. The molecule has 0 bridgehead atoms. The fraction of sp³-hybridized carbons (Fsp3) is 0.385. The van der Waals surface area contributed by atoms with Gasteiger partial charge >= 0.3 is 0 Å². The fourth-order valence-corrected chi connectivity index (χ4v) is 1.45. The maximum Gasteiger partial charge on any atom is 0.129 e. The number of benzene rings is 1. The van der Waals surface area contributed by atoms with Gasteiger partial charge in [-0.2, -0.15) is 0 Å². The van der Waals surface area contributed by atoms with Crippen molar-refractivity contribution >= 4 is 0 Å². The van der Waals surface area contributed by atoms with Gasteiger partial charge in [0.15, 0.2) is 0 Å². The van der Waals surface area contributed by atoms with E-state index >= 15 is 0 Å². The summed E-state index contributed by atoms with van der Waals surface area (Å²) < 4.78 is 26.2. The van der Waals surface area contributed by atoms with E-state index in [2.05, 4.69) is 11.2 Å². The van der Waals surface area contributed by atoms with E-state index in [9.17, 15) is 13.9 Å². The predicted molar refractivity (Wildman–Crippen MR) is 62.2 cm³/mol. The molecule has 0 aromatic heterocycles. The average Bonchev–Trinajstić information content (AvgIpc) is 2.33. The number of rotatable bonds is 5. The molecule has 92 valence electrons. The number of hydrogen-bond donors (Lipinski definition) is 2. The summed E-state index contributed by atoms with van der Waals surface area (Å²) in [5.41, 5.74) is -0.0654. The quantitative estimate of drug-likeness (QED) is 0.770. The first kappa shape index (κ1) is 13.6. The van der Waals surface area contributed by atoms with Crippen molar-refractivity contribution in [3.8, 4) is 12.3 Å². The summed E-state index contributed by atoms with van der Waals surface area (Å²) in [5, 5.41) is 12.6. The minimum absolute atomic E-state index is 0.0654. The lowest BCUT2D eigenvalue weighted by atomic mass is 10.1. The highest BCUT2D eigenvalue weighted by Crippen LogP contribution is 2.17. The van der Waals surface area contributed by atoms with Gasteiger partial charge in [0.2, 0.25) is 0 Å². The van der Waals surface area contributed by atoms with Crippen LogP contribution in [0.2, 0.25) is 0 Å². The highest BCUT2D eigenvalue weighted by atomic mass is 19.1. The van der Waals surface area contributed by atoms with Crippen LogP contribution in [0.5, 0.6) is 0 Å². The van der Waals surface area contributed by atoms with Gasteiger partial charge in [-0.05, 0) is 24.6 Å². The first-order valence-corrected chi connectivity index (χ1v) is 5.41. The lowest BCUT2D eigenvalue weighted by Crippen LogP contribution is -2.31. The molecule has 1 aromatic rings. The topological polar surface area (TPSA) is 32.3 Å². The number of nitrogens with one attached hydrogen (secondary N) is 1. The van der Waals surface area contributed by atoms with Crippen LogP contribution in [0, 0.1) is 24.0 Å². The minimum Gasteiger partial charge on any atom is -0.387 e. The summed E-state index contributed by atoms with van der Waals surface area (Å²) in [4.78, 5) is 0. The summed E-state index contributed by atoms with van der Waals surface area (Å²) in [6, 6.07) is 2.81. The number of aliphatic hydroxyl groups excluding tert-OH is 1. The van der Waals surface area contributed by atoms with Crippen LogP contribution in [0.1, 0.15) is 25.0 Å². The van der Waals surface area contributed by atoms with Crippen LogP contribution >= 0.6 is 0 Å². The maximum atomic E-state index is 13.3. The lowest BCUT2D eigenvalue weighted by Gasteiger charge is -2.16. The van der Waals surface area contributed by atoms with E-state index < -0.39 is 17.7 Å². The van der Waals surface area contributed by atoms with Crippen LogP contribution in [-0.4, -0.2) is 17.7 Å². The van der Waals surface area contributed by atoms with Crippen LogP contribution < -0.4 is 5.32 Å². The van der Waals surface area contributed by atoms with Crippen molar-refractivity contribution in [3.63, 3.8) is 0 Å². The number of halogens is 2. The number of terminal acetylenes is 1. The molecule has 17 heavy (non-hydrogen) atoms. The molecule has 0 aliphatic rings. The second kappa shape index (κ2) is 6.33. The molecule has 0 aliphatic carbocycles. The van der Waals surface area contributed by atoms with Crippen molar-refractivity contribution in [1.29, 1.82) is 0 Å². The van der Waals surface area contributed by atoms with Crippen molar-refractivity contribution < 1.29 is 13.9 Å². The van der Waals surface area contributed by atoms with E-state index in [0.29, 0.717) is 6.42 Å². The Morgan fingerprint density at radius 1 is 1.47 bits per heavy atom. The third kappa shape index (κ3) is 3.81. The Labute approximate surface area is 99.7 Å². The Morgan fingerprint density at radius 2 is 2.18 bits per heavy atom. The Bertz CT molecular complexity index is 414. The van der Waals surface area contributed by atoms with E-state index in [4.69, 9.17) is 6.42 Å². The van der Waals surface area contributed by atoms with Crippen LogP contribution in [0.3, 0.4) is 0 Å². The van der Waals surface area contributed by atoms with Crippen molar-refractivity contribution in [2.24, 2.45) is 0 Å². The Morgan fingerprint density at radius 3 is 2.76 bits per heavy atom. The first-order chi connectivity index (χ1) is 8.08. The second-order valence-electron chi connectivity index (χ2n) is 3.72. The normalized spacial score (nSPS) is 14.1. The van der Waals surface area contributed by atoms with Gasteiger partial charge in [-0.25, -0.2) is 8.78 Å². The molecule has 2 atom stereocenters. The Kier molecular flexibility index (Phi) is 5.08. The monoisotopic (exact) mass is 239 g/mol. The highest BCUT2D eigenvalue weighted by molar-refractivity contribution is 5.21. The van der Waals surface area contributed by atoms with E-state index in [-0.39, 0.29) is 18.2 Å². The van der Waals surface area contributed by atoms with Gasteiger partial charge in [0.05, 0.1) is 12.1 Å². The van der Waals surface area contributed by atoms with Crippen molar-refractivity contribution in [2.45, 2.75) is 25.5 Å². The second-order valence-corrected chi connectivity index (χ2v) is 3.72. The number of aliphatic hydroxyl groups is 1. The van der Waals surface area contributed by atoms with Crippen molar-refractivity contribution in [2.75, 3.05) is 6.54 Å². The van der Waals surface area contributed by atoms with Crippen LogP contribution in [0.15, 0.2) is 18.2 Å². The smallest absolute Gasteiger partial charge is 0.129 e. The lowest BCUT2D eigenvalue weighted by molar-refractivity contribution is 0.167. The molecule has 0 aliphatic heterocycles. The van der Waals surface area contributed by atoms with E-state index in [1.165, 1.54) is 0 Å². The Balaban J connectivity index is 2.67. The molecule has 0 saturated heterocycles. The van der Waals surface area contributed by atoms with E-state index in [0.717, 1.165) is 18.2 Å². The zero-order valence-electron chi connectivity index (χ0n) is 9.58. The summed E-state index contributed by atoms with van der Waals surface area (Å²) in [5.74, 6) is 1.29. The van der Waals surface area contributed by atoms with Gasteiger partial charge in [0.25, 0.3) is 0 Å². The minimum atomic E-state index is -1.12. The van der Waals surface area contributed by atoms with Crippen molar-refractivity contribution in [1.82, 2.24) is 5.32 Å². The molecule has 2 nitrogen and oxygen atoms in total. The first-order valence-electron chi connectivity index (χ1n) is 5.41. The van der Waals surface area contributed by atoms with Gasteiger partial charge in [0, 0.05) is 12.1 Å². The van der Waals surface area contributed by atoms with Crippen molar-refractivity contribution in [3.05, 3.63) is 35.4 Å². The molecule has 0 heterocycles. The molecule has 0 spiro atoms. The van der Waals surface area contributed by atoms with Gasteiger partial charge in [-0.3, -0.25) is 0 Å². The molecule has 0 saturated carbocycles. The van der Waals surface area contributed by atoms with E-state index in [1.807, 2.05) is 6.92 Å². The van der Waals surface area contributed by atoms with Crippen LogP contribution in [-0.2, 0) is 0 Å². The Hall–Kier alpha value is -1.44. The SMILES string of the molecule is C#CC(CC)NCC(O)c1cc(F)ccc1F. The molecule has 1 aromatic carbocycles. The molecule has 0 fully saturated rings. The fourth-order valence-electron chi connectivity index (χ4n) is 1.45. The van der Waals surface area contributed by atoms with Crippen LogP contribution in [0.25, 0.3) is 0 Å². The van der Waals surface area contributed by atoms with Gasteiger partial charge < -0.3 is 10.4 Å². The summed E-state index contributed by atoms with van der Waals surface area (Å²) in [6.45, 7) is 1.98. The summed E-state index contributed by atoms with van der Waals surface area (Å²) >= 11 is 0. The van der Waals surface area contributed by atoms with Gasteiger partial charge in [-0.1, -0.05) is 12.8 Å². The summed E-state index contributed by atoms with van der Waals surface area (Å²) in [7, 11) is 0. The molecule has 0 radical (unpaired) electrons. The zero-order chi connectivity index (χ0) is 12.8. The molecule has 2 N–H and O–H groups in total. The molecular weight excluding hydrogens is 224 g/mol. The third-order valence-electron chi connectivity index (χ3n) is 2.48. The predicted octanol–water partition coefficient (Wildman–Crippen LogP) is 2.00. The molecule has 0 amide bonds.